The van der Waals surface area contributed by atoms with Crippen LogP contribution in [-0.4, -0.2) is 87.1 Å². The van der Waals surface area contributed by atoms with Crippen LogP contribution in [0.4, 0.5) is 0 Å². The lowest BCUT2D eigenvalue weighted by atomic mass is 10.0. The van der Waals surface area contributed by atoms with Crippen molar-refractivity contribution in [2.75, 3.05) is 12.0 Å². The maximum Gasteiger partial charge on any atom is 0.326 e. The van der Waals surface area contributed by atoms with E-state index in [-0.39, 0.29) is 31.4 Å². The summed E-state index contributed by atoms with van der Waals surface area (Å²) in [5, 5.41) is 34.7. The highest BCUT2D eigenvalue weighted by Crippen LogP contribution is 2.12. The van der Waals surface area contributed by atoms with Gasteiger partial charge < -0.3 is 42.7 Å². The lowest BCUT2D eigenvalue weighted by Gasteiger charge is -2.24. The van der Waals surface area contributed by atoms with Crippen LogP contribution in [0.5, 0.6) is 5.75 Å². The van der Waals surface area contributed by atoms with Gasteiger partial charge in [-0.3, -0.25) is 24.0 Å². The Morgan fingerprint density at radius 1 is 0.868 bits per heavy atom. The van der Waals surface area contributed by atoms with E-state index in [0.717, 1.165) is 0 Å². The van der Waals surface area contributed by atoms with Gasteiger partial charge in [0.1, 0.15) is 23.9 Å². The number of thioether (sulfide) groups is 1. The van der Waals surface area contributed by atoms with Crippen molar-refractivity contribution in [1.29, 1.82) is 0 Å². The van der Waals surface area contributed by atoms with Gasteiger partial charge in [-0.2, -0.15) is 11.8 Å². The van der Waals surface area contributed by atoms with Crippen LogP contribution in [0.2, 0.25) is 0 Å². The van der Waals surface area contributed by atoms with Crippen LogP contribution in [0.3, 0.4) is 0 Å². The van der Waals surface area contributed by atoms with Crippen LogP contribution in [0.1, 0.15) is 31.2 Å². The van der Waals surface area contributed by atoms with Crippen molar-refractivity contribution in [2.24, 2.45) is 11.5 Å². The molecule has 0 radical (unpaired) electrons. The van der Waals surface area contributed by atoms with E-state index in [4.69, 9.17) is 16.6 Å². The minimum Gasteiger partial charge on any atom is -0.508 e. The minimum atomic E-state index is -1.55. The Morgan fingerprint density at radius 2 is 1.42 bits per heavy atom. The first-order valence-corrected chi connectivity index (χ1v) is 12.9. The molecule has 0 saturated carbocycles. The van der Waals surface area contributed by atoms with Crippen molar-refractivity contribution in [3.63, 3.8) is 0 Å². The number of nitrogens with one attached hydrogen (secondary N) is 3. The molecular weight excluding hydrogens is 522 g/mol. The van der Waals surface area contributed by atoms with Crippen LogP contribution < -0.4 is 27.4 Å². The number of aromatic hydroxyl groups is 1. The van der Waals surface area contributed by atoms with Crippen LogP contribution in [-0.2, 0) is 35.2 Å². The summed E-state index contributed by atoms with van der Waals surface area (Å²) in [5.41, 5.74) is 11.4. The van der Waals surface area contributed by atoms with Crippen molar-refractivity contribution < 1.29 is 44.1 Å². The molecule has 4 unspecified atom stereocenters. The number of carbonyl (C=O) groups is 6. The summed E-state index contributed by atoms with van der Waals surface area (Å²) in [4.78, 5) is 72.3. The number of carbonyl (C=O) groups excluding carboxylic acids is 4. The van der Waals surface area contributed by atoms with Gasteiger partial charge in [0.05, 0.1) is 12.5 Å². The molecule has 0 aromatic heterocycles. The van der Waals surface area contributed by atoms with Gasteiger partial charge in [0, 0.05) is 12.8 Å². The lowest BCUT2D eigenvalue weighted by molar-refractivity contribution is -0.142. The highest BCUT2D eigenvalue weighted by atomic mass is 32.2. The number of phenols is 1. The van der Waals surface area contributed by atoms with Gasteiger partial charge in [-0.25, -0.2) is 4.79 Å². The topological polar surface area (TPSA) is 251 Å². The molecule has 0 aliphatic heterocycles. The molecule has 15 heteroatoms. The summed E-state index contributed by atoms with van der Waals surface area (Å²) in [6, 6.07) is 0.291. The number of amides is 4. The molecule has 1 aromatic rings. The van der Waals surface area contributed by atoms with E-state index in [2.05, 4.69) is 16.0 Å². The molecule has 0 fully saturated rings. The van der Waals surface area contributed by atoms with Crippen molar-refractivity contribution in [2.45, 2.75) is 56.3 Å². The minimum absolute atomic E-state index is 0.0279. The molecule has 1 rings (SSSR count). The molecule has 0 aliphatic rings. The van der Waals surface area contributed by atoms with Crippen LogP contribution in [0.25, 0.3) is 0 Å². The predicted octanol–water partition coefficient (Wildman–Crippen LogP) is -1.71. The molecule has 38 heavy (non-hydrogen) atoms. The Morgan fingerprint density at radius 3 is 1.95 bits per heavy atom. The quantitative estimate of drug-likeness (QED) is 0.107. The maximum absolute atomic E-state index is 13.0. The first kappa shape index (κ1) is 32.2. The molecule has 14 nitrogen and oxygen atoms in total. The average Bonchev–Trinajstić information content (AvgIpc) is 2.84. The van der Waals surface area contributed by atoms with Crippen molar-refractivity contribution in [3.05, 3.63) is 29.8 Å². The average molecular weight is 556 g/mol. The fourth-order valence-electron chi connectivity index (χ4n) is 3.22. The van der Waals surface area contributed by atoms with Gasteiger partial charge in [-0.05, 0) is 42.5 Å². The first-order chi connectivity index (χ1) is 17.8. The fraction of sp³-hybridized carbons (Fsp3) is 0.478. The zero-order valence-electron chi connectivity index (χ0n) is 20.7. The normalized spacial score (nSPS) is 13.8. The molecule has 10 N–H and O–H groups in total. The number of carboxylic acid groups (broad SMARTS) is 2. The number of hydrogen-bond donors (Lipinski definition) is 8. The standard InChI is InChI=1S/C23H33N5O9S/c1-38-9-8-15(26-20(33)14(24)6-7-19(31)32)21(34)27-16(11-18(25)30)22(35)28-17(23(36)37)10-12-2-4-13(29)5-3-12/h2-5,14-17,29H,6-11,24H2,1H3,(H2,25,30)(H,26,33)(H,27,34)(H,28,35)(H,31,32)(H,36,37). The van der Waals surface area contributed by atoms with E-state index in [9.17, 15) is 39.0 Å². The molecular formula is C23H33N5O9S. The number of rotatable bonds is 17. The number of hydrogen-bond acceptors (Lipinski definition) is 9. The van der Waals surface area contributed by atoms with Gasteiger partial charge in [-0.15, -0.1) is 0 Å². The molecule has 0 heterocycles. The van der Waals surface area contributed by atoms with E-state index in [0.29, 0.717) is 11.3 Å². The van der Waals surface area contributed by atoms with Crippen molar-refractivity contribution in [1.82, 2.24) is 16.0 Å². The highest BCUT2D eigenvalue weighted by Gasteiger charge is 2.31. The summed E-state index contributed by atoms with van der Waals surface area (Å²) in [6.45, 7) is 0. The van der Waals surface area contributed by atoms with Gasteiger partial charge in [0.25, 0.3) is 0 Å². The Labute approximate surface area is 222 Å². The van der Waals surface area contributed by atoms with Gasteiger partial charge in [0.15, 0.2) is 0 Å². The van der Waals surface area contributed by atoms with E-state index in [1.807, 2.05) is 0 Å². The first-order valence-electron chi connectivity index (χ1n) is 11.5. The second kappa shape index (κ2) is 16.1. The Balaban J connectivity index is 2.99. The number of primary amides is 1. The lowest BCUT2D eigenvalue weighted by Crippen LogP contribution is -2.58. The van der Waals surface area contributed by atoms with Crippen LogP contribution in [0.15, 0.2) is 24.3 Å². The summed E-state index contributed by atoms with van der Waals surface area (Å²) < 4.78 is 0. The monoisotopic (exact) mass is 555 g/mol. The molecule has 0 saturated heterocycles. The van der Waals surface area contributed by atoms with Gasteiger partial charge in [0.2, 0.25) is 23.6 Å². The Hall–Kier alpha value is -3.85. The molecule has 1 aromatic carbocycles. The summed E-state index contributed by atoms with van der Waals surface area (Å²) >= 11 is 1.37. The van der Waals surface area contributed by atoms with E-state index in [1.165, 1.54) is 36.0 Å². The van der Waals surface area contributed by atoms with Crippen molar-refractivity contribution in [3.8, 4) is 5.75 Å². The van der Waals surface area contributed by atoms with Crippen LogP contribution in [0, 0.1) is 0 Å². The third-order valence-corrected chi connectivity index (χ3v) is 5.92. The second-order valence-corrected chi connectivity index (χ2v) is 9.37. The van der Waals surface area contributed by atoms with E-state index >= 15 is 0 Å². The number of nitrogens with two attached hydrogens (primary N) is 2. The maximum atomic E-state index is 13.0. The Bertz CT molecular complexity index is 1010. The smallest absolute Gasteiger partial charge is 0.326 e. The number of carboxylic acids is 2. The largest absolute Gasteiger partial charge is 0.508 e. The molecule has 4 atom stereocenters. The third kappa shape index (κ3) is 11.9. The third-order valence-electron chi connectivity index (χ3n) is 5.28. The fourth-order valence-corrected chi connectivity index (χ4v) is 3.69. The highest BCUT2D eigenvalue weighted by molar-refractivity contribution is 7.98. The van der Waals surface area contributed by atoms with Crippen LogP contribution >= 0.6 is 11.8 Å². The molecule has 0 spiro atoms. The number of benzene rings is 1. The summed E-state index contributed by atoms with van der Waals surface area (Å²) in [5.74, 6) is -5.69. The summed E-state index contributed by atoms with van der Waals surface area (Å²) in [6.07, 6.45) is 0.560. The van der Waals surface area contributed by atoms with Gasteiger partial charge in [-0.1, -0.05) is 12.1 Å². The number of aliphatic carboxylic acids is 2. The molecule has 0 bridgehead atoms. The molecule has 4 amide bonds. The van der Waals surface area contributed by atoms with E-state index in [1.54, 1.807) is 6.26 Å². The second-order valence-electron chi connectivity index (χ2n) is 8.38. The zero-order chi connectivity index (χ0) is 28.8. The SMILES string of the molecule is CSCCC(NC(=O)C(N)CCC(=O)O)C(=O)NC(CC(N)=O)C(=O)NC(Cc1ccc(O)cc1)C(=O)O. The predicted molar refractivity (Wildman–Crippen MR) is 137 cm³/mol. The zero-order valence-corrected chi connectivity index (χ0v) is 21.5. The van der Waals surface area contributed by atoms with Gasteiger partial charge >= 0.3 is 11.9 Å². The molecule has 0 aliphatic carbocycles. The number of phenolic OH excluding ortho intramolecular Hbond substituents is 1. The Kier molecular flexibility index (Phi) is 13.6. The van der Waals surface area contributed by atoms with Crippen molar-refractivity contribution >= 4 is 47.3 Å². The summed E-state index contributed by atoms with van der Waals surface area (Å²) in [7, 11) is 0. The molecule has 210 valence electrons. The van der Waals surface area contributed by atoms with E-state index < -0.39 is 66.2 Å².